The third kappa shape index (κ3) is 4.81. The predicted octanol–water partition coefficient (Wildman–Crippen LogP) is 4.65. The second kappa shape index (κ2) is 7.94. The summed E-state index contributed by atoms with van der Waals surface area (Å²) in [7, 11) is 1.39. The maximum absolute atomic E-state index is 12.7. The molecule has 0 saturated carbocycles. The highest BCUT2D eigenvalue weighted by Gasteiger charge is 2.31. The minimum atomic E-state index is -4.51. The van der Waals surface area contributed by atoms with Gasteiger partial charge in [0.25, 0.3) is 0 Å². The van der Waals surface area contributed by atoms with Crippen LogP contribution in [-0.2, 0) is 11.0 Å². The standard InChI is InChI=1S/C16H13ClF3N3O/c1-24-23-9-11(8-21-13-5-3-2-4-6-13)15-14(17)7-12(10-22-15)16(18,19)20/h2-10,23H,1H3. The van der Waals surface area contributed by atoms with Gasteiger partial charge < -0.3 is 0 Å². The molecule has 0 unspecified atom stereocenters. The molecule has 0 radical (unpaired) electrons. The Balaban J connectivity index is 2.37. The number of hydrogen-bond acceptors (Lipinski definition) is 4. The molecule has 8 heteroatoms. The molecule has 4 nitrogen and oxygen atoms in total. The van der Waals surface area contributed by atoms with Crippen LogP contribution in [0, 0.1) is 0 Å². The second-order valence-corrected chi connectivity index (χ2v) is 4.97. The Morgan fingerprint density at radius 2 is 2.00 bits per heavy atom. The number of aromatic nitrogens is 1. The summed E-state index contributed by atoms with van der Waals surface area (Å²) in [5.74, 6) is 0. The largest absolute Gasteiger partial charge is 0.417 e. The fourth-order valence-corrected chi connectivity index (χ4v) is 2.03. The molecule has 0 aliphatic heterocycles. The molecule has 0 aliphatic carbocycles. The first-order valence-electron chi connectivity index (χ1n) is 6.72. The number of hydrogen-bond donors (Lipinski definition) is 1. The molecule has 0 spiro atoms. The van der Waals surface area contributed by atoms with E-state index >= 15 is 0 Å². The van der Waals surface area contributed by atoms with E-state index in [1.54, 1.807) is 12.1 Å². The van der Waals surface area contributed by atoms with E-state index < -0.39 is 11.7 Å². The predicted molar refractivity (Wildman–Crippen MR) is 87.0 cm³/mol. The van der Waals surface area contributed by atoms with Crippen molar-refractivity contribution in [2.45, 2.75) is 6.18 Å². The Labute approximate surface area is 141 Å². The van der Waals surface area contributed by atoms with Crippen LogP contribution in [0.15, 0.2) is 53.8 Å². The number of halogens is 4. The van der Waals surface area contributed by atoms with Gasteiger partial charge in [-0.05, 0) is 18.2 Å². The summed E-state index contributed by atoms with van der Waals surface area (Å²) in [6.07, 6.45) is -0.961. The van der Waals surface area contributed by atoms with Gasteiger partial charge in [0, 0.05) is 24.2 Å². The van der Waals surface area contributed by atoms with E-state index in [9.17, 15) is 13.2 Å². The van der Waals surface area contributed by atoms with Crippen molar-refractivity contribution >= 4 is 29.1 Å². The van der Waals surface area contributed by atoms with Gasteiger partial charge in [0.1, 0.15) is 0 Å². The molecule has 0 atom stereocenters. The maximum atomic E-state index is 12.7. The number of rotatable bonds is 5. The van der Waals surface area contributed by atoms with Gasteiger partial charge in [0.2, 0.25) is 0 Å². The summed E-state index contributed by atoms with van der Waals surface area (Å²) in [4.78, 5) is 12.8. The van der Waals surface area contributed by atoms with Crippen LogP contribution in [0.3, 0.4) is 0 Å². The summed E-state index contributed by atoms with van der Waals surface area (Å²) in [5, 5.41) is -0.145. The topological polar surface area (TPSA) is 46.5 Å². The van der Waals surface area contributed by atoms with Gasteiger partial charge in [-0.1, -0.05) is 29.8 Å². The first-order chi connectivity index (χ1) is 11.4. The smallest absolute Gasteiger partial charge is 0.280 e. The van der Waals surface area contributed by atoms with Crippen LogP contribution in [0.4, 0.5) is 18.9 Å². The minimum absolute atomic E-state index is 0.145. The van der Waals surface area contributed by atoms with Crippen molar-refractivity contribution in [1.29, 1.82) is 0 Å². The van der Waals surface area contributed by atoms with E-state index in [0.29, 0.717) is 11.3 Å². The van der Waals surface area contributed by atoms with Crippen molar-refractivity contribution in [1.82, 2.24) is 10.5 Å². The van der Waals surface area contributed by atoms with Crippen molar-refractivity contribution in [2.75, 3.05) is 7.11 Å². The van der Waals surface area contributed by atoms with Crippen LogP contribution in [0.25, 0.3) is 5.57 Å². The lowest BCUT2D eigenvalue weighted by Crippen LogP contribution is -2.08. The number of para-hydroxylation sites is 1. The number of benzene rings is 1. The van der Waals surface area contributed by atoms with Gasteiger partial charge in [0.15, 0.2) is 0 Å². The monoisotopic (exact) mass is 355 g/mol. The van der Waals surface area contributed by atoms with Crippen LogP contribution in [0.1, 0.15) is 11.3 Å². The molecule has 1 aromatic heterocycles. The first kappa shape index (κ1) is 18.0. The van der Waals surface area contributed by atoms with Gasteiger partial charge in [0.05, 0.1) is 29.1 Å². The number of aliphatic imine (C=N–C) groups is 1. The average molecular weight is 356 g/mol. The van der Waals surface area contributed by atoms with Gasteiger partial charge in [-0.3, -0.25) is 20.3 Å². The van der Waals surface area contributed by atoms with Crippen molar-refractivity contribution in [3.05, 3.63) is 65.1 Å². The van der Waals surface area contributed by atoms with E-state index in [4.69, 9.17) is 16.4 Å². The highest BCUT2D eigenvalue weighted by Crippen LogP contribution is 2.32. The third-order valence-electron chi connectivity index (χ3n) is 2.88. The van der Waals surface area contributed by atoms with Gasteiger partial charge >= 0.3 is 6.18 Å². The highest BCUT2D eigenvalue weighted by atomic mass is 35.5. The van der Waals surface area contributed by atoms with E-state index in [-0.39, 0.29) is 10.7 Å². The molecule has 24 heavy (non-hydrogen) atoms. The average Bonchev–Trinajstić information content (AvgIpc) is 2.55. The first-order valence-corrected chi connectivity index (χ1v) is 7.10. The van der Waals surface area contributed by atoms with Gasteiger partial charge in [-0.25, -0.2) is 0 Å². The van der Waals surface area contributed by atoms with E-state index in [2.05, 4.69) is 15.5 Å². The number of hydroxylamine groups is 1. The molecular formula is C16H13ClF3N3O. The summed E-state index contributed by atoms with van der Waals surface area (Å²) in [6.45, 7) is 0. The molecule has 1 heterocycles. The molecule has 2 rings (SSSR count). The quantitative estimate of drug-likeness (QED) is 0.627. The molecular weight excluding hydrogens is 343 g/mol. The number of alkyl halides is 3. The molecule has 0 aliphatic rings. The van der Waals surface area contributed by atoms with Gasteiger partial charge in [-0.15, -0.1) is 0 Å². The van der Waals surface area contributed by atoms with Crippen LogP contribution in [0.5, 0.6) is 0 Å². The minimum Gasteiger partial charge on any atom is -0.280 e. The van der Waals surface area contributed by atoms with E-state index in [0.717, 1.165) is 12.3 Å². The summed E-state index contributed by atoms with van der Waals surface area (Å²) < 4.78 is 38.1. The normalized spacial score (nSPS) is 12.6. The summed E-state index contributed by atoms with van der Waals surface area (Å²) >= 11 is 5.96. The Morgan fingerprint density at radius 1 is 1.29 bits per heavy atom. The summed E-state index contributed by atoms with van der Waals surface area (Å²) in [5.41, 5.74) is 2.74. The Morgan fingerprint density at radius 3 is 2.58 bits per heavy atom. The molecule has 1 aromatic carbocycles. The molecule has 0 saturated heterocycles. The Kier molecular flexibility index (Phi) is 5.94. The molecule has 0 amide bonds. The Bertz CT molecular complexity index is 746. The van der Waals surface area contributed by atoms with Crippen molar-refractivity contribution < 1.29 is 18.0 Å². The Hall–Kier alpha value is -2.38. The van der Waals surface area contributed by atoms with Crippen molar-refractivity contribution in [2.24, 2.45) is 4.99 Å². The fourth-order valence-electron chi connectivity index (χ4n) is 1.75. The van der Waals surface area contributed by atoms with Crippen LogP contribution < -0.4 is 5.48 Å². The van der Waals surface area contributed by atoms with Crippen LogP contribution >= 0.6 is 11.6 Å². The zero-order chi connectivity index (χ0) is 17.6. The molecule has 1 N–H and O–H groups in total. The molecule has 126 valence electrons. The lowest BCUT2D eigenvalue weighted by atomic mass is 10.1. The zero-order valence-electron chi connectivity index (χ0n) is 12.5. The zero-order valence-corrected chi connectivity index (χ0v) is 13.3. The van der Waals surface area contributed by atoms with Crippen LogP contribution in [-0.4, -0.2) is 18.3 Å². The second-order valence-electron chi connectivity index (χ2n) is 4.57. The number of nitrogens with one attached hydrogen (secondary N) is 1. The van der Waals surface area contributed by atoms with Crippen molar-refractivity contribution in [3.63, 3.8) is 0 Å². The molecule has 0 bridgehead atoms. The lowest BCUT2D eigenvalue weighted by Gasteiger charge is -2.10. The van der Waals surface area contributed by atoms with Crippen molar-refractivity contribution in [3.8, 4) is 0 Å². The molecule has 0 fully saturated rings. The number of allylic oxidation sites excluding steroid dienone is 1. The van der Waals surface area contributed by atoms with Crippen LogP contribution in [0.2, 0.25) is 5.02 Å². The third-order valence-corrected chi connectivity index (χ3v) is 3.17. The lowest BCUT2D eigenvalue weighted by molar-refractivity contribution is -0.137. The SMILES string of the molecule is CONC=C(C=Nc1ccccc1)c1ncc(C(F)(F)F)cc1Cl. The van der Waals surface area contributed by atoms with E-state index in [1.165, 1.54) is 19.5 Å². The maximum Gasteiger partial charge on any atom is 0.417 e. The highest BCUT2D eigenvalue weighted by molar-refractivity contribution is 6.33. The van der Waals surface area contributed by atoms with E-state index in [1.807, 2.05) is 18.2 Å². The number of pyridine rings is 1. The number of nitrogens with zero attached hydrogens (tertiary/aromatic N) is 2. The summed E-state index contributed by atoms with van der Waals surface area (Å²) in [6, 6.07) is 9.84. The molecule has 2 aromatic rings. The fraction of sp³-hybridized carbons (Fsp3) is 0.125. The van der Waals surface area contributed by atoms with Gasteiger partial charge in [-0.2, -0.15) is 13.2 Å².